The van der Waals surface area contributed by atoms with Crippen molar-refractivity contribution in [3.05, 3.63) is 22.8 Å². The van der Waals surface area contributed by atoms with Gasteiger partial charge < -0.3 is 45.5 Å². The van der Waals surface area contributed by atoms with Gasteiger partial charge in [-0.3, -0.25) is 0 Å². The first-order valence-electron chi connectivity index (χ1n) is 5.57. The van der Waals surface area contributed by atoms with Gasteiger partial charge in [0.15, 0.2) is 11.5 Å². The van der Waals surface area contributed by atoms with Crippen LogP contribution < -0.4 is 29.6 Å². The van der Waals surface area contributed by atoms with Crippen molar-refractivity contribution in [2.45, 2.75) is 26.2 Å². The third kappa shape index (κ3) is 5.33. The fourth-order valence-corrected chi connectivity index (χ4v) is 1.95. The smallest absolute Gasteiger partial charge is 1.00 e. The molecule has 20 heavy (non-hydrogen) atoms. The SMILES string of the molecule is CCc1cc(OC)c(O)c(CC=N)c1CC=N.[Cl-].[Cl-].[Mn+2]. The Labute approximate surface area is 142 Å². The third-order valence-electron chi connectivity index (χ3n) is 2.79. The molecule has 7 heteroatoms. The summed E-state index contributed by atoms with van der Waals surface area (Å²) in [6.07, 6.45) is 4.21. The predicted molar refractivity (Wildman–Crippen MR) is 69.0 cm³/mol. The van der Waals surface area contributed by atoms with Gasteiger partial charge in [-0.1, -0.05) is 6.92 Å². The maximum absolute atomic E-state index is 10.0. The Kier molecular flexibility index (Phi) is 14.6. The Bertz CT molecular complexity index is 443. The summed E-state index contributed by atoms with van der Waals surface area (Å²) in [6.45, 7) is 2.02. The zero-order chi connectivity index (χ0) is 12.8. The summed E-state index contributed by atoms with van der Waals surface area (Å²) in [5.41, 5.74) is 2.68. The topological polar surface area (TPSA) is 77.2 Å². The molecule has 0 saturated carbocycles. The number of phenolic OH excluding ortho intramolecular Hbond substituents is 1. The second-order valence-electron chi connectivity index (χ2n) is 3.71. The Morgan fingerprint density at radius 2 is 1.65 bits per heavy atom. The first-order valence-corrected chi connectivity index (χ1v) is 5.57. The van der Waals surface area contributed by atoms with Gasteiger partial charge in [-0.2, -0.15) is 0 Å². The first-order chi connectivity index (χ1) is 8.19. The van der Waals surface area contributed by atoms with Crippen molar-refractivity contribution >= 4 is 12.4 Å². The molecule has 0 bridgehead atoms. The molecule has 3 N–H and O–H groups in total. The molecule has 0 saturated heterocycles. The summed E-state index contributed by atoms with van der Waals surface area (Å²) >= 11 is 0. The fraction of sp³-hybridized carbons (Fsp3) is 0.385. The van der Waals surface area contributed by atoms with E-state index in [0.717, 1.165) is 17.5 Å². The number of nitrogens with one attached hydrogen (secondary N) is 2. The molecule has 0 spiro atoms. The van der Waals surface area contributed by atoms with E-state index in [0.29, 0.717) is 24.2 Å². The molecular weight excluding hydrogens is 342 g/mol. The predicted octanol–water partition coefficient (Wildman–Crippen LogP) is -3.65. The molecule has 1 radical (unpaired) electrons. The van der Waals surface area contributed by atoms with Crippen LogP contribution in [-0.2, 0) is 36.3 Å². The molecule has 0 aliphatic carbocycles. The molecule has 4 nitrogen and oxygen atoms in total. The van der Waals surface area contributed by atoms with Crippen molar-refractivity contribution in [1.82, 2.24) is 0 Å². The van der Waals surface area contributed by atoms with Gasteiger partial charge in [0.05, 0.1) is 7.11 Å². The van der Waals surface area contributed by atoms with Crippen LogP contribution in [0.5, 0.6) is 11.5 Å². The van der Waals surface area contributed by atoms with E-state index in [4.69, 9.17) is 15.6 Å². The van der Waals surface area contributed by atoms with Crippen molar-refractivity contribution in [3.63, 3.8) is 0 Å². The number of benzene rings is 1. The quantitative estimate of drug-likeness (QED) is 0.362. The molecule has 0 fully saturated rings. The van der Waals surface area contributed by atoms with Gasteiger partial charge in [0.25, 0.3) is 0 Å². The van der Waals surface area contributed by atoms with Gasteiger partial charge in [0, 0.05) is 18.4 Å². The van der Waals surface area contributed by atoms with Gasteiger partial charge in [-0.15, -0.1) is 0 Å². The van der Waals surface area contributed by atoms with Crippen LogP contribution in [0.1, 0.15) is 23.6 Å². The number of hydrogen-bond donors (Lipinski definition) is 3. The standard InChI is InChI=1S/C13H18N2O2.2ClH.Mn/c1-3-9-8-12(17-2)13(16)11(5-7-15)10(9)4-6-14;;;/h6-8,14-16H,3-5H2,1-2H3;2*1H;/q;;;+2/p-2. The van der Waals surface area contributed by atoms with Gasteiger partial charge in [-0.25, -0.2) is 0 Å². The average Bonchev–Trinajstić information content (AvgIpc) is 2.34. The third-order valence-corrected chi connectivity index (χ3v) is 2.79. The van der Waals surface area contributed by atoms with Crippen molar-refractivity contribution < 1.29 is 51.7 Å². The molecule has 1 aromatic rings. The van der Waals surface area contributed by atoms with Crippen LogP contribution in [0.4, 0.5) is 0 Å². The second kappa shape index (κ2) is 12.0. The number of phenols is 1. The molecule has 0 amide bonds. The summed E-state index contributed by atoms with van der Waals surface area (Å²) < 4.78 is 5.13. The molecule has 0 aliphatic rings. The number of rotatable bonds is 6. The van der Waals surface area contributed by atoms with Crippen molar-refractivity contribution in [2.75, 3.05) is 7.11 Å². The van der Waals surface area contributed by atoms with Gasteiger partial charge >= 0.3 is 17.1 Å². The van der Waals surface area contributed by atoms with Gasteiger partial charge in [-0.05, 0) is 36.0 Å². The Hall–Kier alpha value is -0.741. The zero-order valence-corrected chi connectivity index (χ0v) is 14.0. The number of ether oxygens (including phenoxy) is 1. The largest absolute Gasteiger partial charge is 2.00 e. The van der Waals surface area contributed by atoms with Crippen LogP contribution >= 0.6 is 0 Å². The van der Waals surface area contributed by atoms with Crippen LogP contribution in [0.2, 0.25) is 0 Å². The van der Waals surface area contributed by atoms with Crippen LogP contribution in [0, 0.1) is 10.8 Å². The van der Waals surface area contributed by atoms with E-state index >= 15 is 0 Å². The second-order valence-corrected chi connectivity index (χ2v) is 3.71. The van der Waals surface area contributed by atoms with Crippen molar-refractivity contribution in [2.24, 2.45) is 0 Å². The van der Waals surface area contributed by atoms with E-state index in [-0.39, 0.29) is 47.6 Å². The van der Waals surface area contributed by atoms with Crippen LogP contribution in [0.15, 0.2) is 6.07 Å². The number of aryl methyl sites for hydroxylation is 1. The normalized spacial score (nSPS) is 8.50. The van der Waals surface area contributed by atoms with E-state index in [9.17, 15) is 5.11 Å². The van der Waals surface area contributed by atoms with E-state index in [1.807, 2.05) is 13.0 Å². The Balaban J connectivity index is -0.000000963. The molecular formula is C13H18Cl2MnN2O2. The number of methoxy groups -OCH3 is 1. The molecule has 0 heterocycles. The van der Waals surface area contributed by atoms with Crippen molar-refractivity contribution in [3.8, 4) is 11.5 Å². The van der Waals surface area contributed by atoms with Gasteiger partial charge in [0.1, 0.15) is 0 Å². The Morgan fingerprint density at radius 1 is 1.15 bits per heavy atom. The molecule has 113 valence electrons. The van der Waals surface area contributed by atoms with Gasteiger partial charge in [0.2, 0.25) is 0 Å². The van der Waals surface area contributed by atoms with E-state index in [2.05, 4.69) is 0 Å². The van der Waals surface area contributed by atoms with Crippen LogP contribution in [-0.4, -0.2) is 24.6 Å². The van der Waals surface area contributed by atoms with Crippen LogP contribution in [0.25, 0.3) is 0 Å². The van der Waals surface area contributed by atoms with E-state index in [1.165, 1.54) is 19.5 Å². The minimum atomic E-state index is 0. The summed E-state index contributed by atoms with van der Waals surface area (Å²) in [4.78, 5) is 0. The average molecular weight is 360 g/mol. The molecule has 1 aromatic carbocycles. The number of halogens is 2. The molecule has 1 rings (SSSR count). The summed E-state index contributed by atoms with van der Waals surface area (Å²) in [6, 6.07) is 1.81. The molecule has 0 aliphatic heterocycles. The zero-order valence-electron chi connectivity index (χ0n) is 11.3. The van der Waals surface area contributed by atoms with E-state index < -0.39 is 0 Å². The number of hydrogen-bond acceptors (Lipinski definition) is 4. The molecule has 0 aromatic heterocycles. The monoisotopic (exact) mass is 359 g/mol. The summed E-state index contributed by atoms with van der Waals surface area (Å²) in [5.74, 6) is 0.525. The van der Waals surface area contributed by atoms with E-state index in [1.54, 1.807) is 0 Å². The van der Waals surface area contributed by atoms with Crippen molar-refractivity contribution in [1.29, 1.82) is 10.8 Å². The maximum atomic E-state index is 10.0. The minimum absolute atomic E-state index is 0. The first kappa shape index (κ1) is 24.3. The molecule has 0 unspecified atom stereocenters. The summed E-state index contributed by atoms with van der Waals surface area (Å²) in [5, 5.41) is 24.4. The molecule has 0 atom stereocenters. The Morgan fingerprint density at radius 3 is 2.05 bits per heavy atom. The fourth-order valence-electron chi connectivity index (χ4n) is 1.95. The minimum Gasteiger partial charge on any atom is -1.00 e. The van der Waals surface area contributed by atoms with Crippen LogP contribution in [0.3, 0.4) is 0 Å². The summed E-state index contributed by atoms with van der Waals surface area (Å²) in [7, 11) is 1.51. The maximum Gasteiger partial charge on any atom is 2.00 e. The number of aromatic hydroxyl groups is 1.